The molecule has 0 saturated heterocycles. The molecular formula is C16H18N2O5. The summed E-state index contributed by atoms with van der Waals surface area (Å²) in [5, 5.41) is 3.23. The summed E-state index contributed by atoms with van der Waals surface area (Å²) in [5.74, 6) is -1.41. The first-order valence-electron chi connectivity index (χ1n) is 7.03. The number of amides is 2. The molecule has 0 aliphatic carbocycles. The Hall–Kier alpha value is -2.83. The van der Waals surface area contributed by atoms with Crippen LogP contribution in [0.1, 0.15) is 16.1 Å². The highest BCUT2D eigenvalue weighted by molar-refractivity contribution is 5.96. The normalized spacial score (nSPS) is 10.4. The highest BCUT2D eigenvalue weighted by atomic mass is 16.5. The quantitative estimate of drug-likeness (QED) is 0.834. The van der Waals surface area contributed by atoms with Crippen LogP contribution < -0.4 is 5.32 Å². The molecule has 0 unspecified atom stereocenters. The van der Waals surface area contributed by atoms with Crippen molar-refractivity contribution in [3.05, 3.63) is 35.6 Å². The van der Waals surface area contributed by atoms with Gasteiger partial charge in [0.1, 0.15) is 5.58 Å². The van der Waals surface area contributed by atoms with Crippen LogP contribution >= 0.6 is 0 Å². The zero-order valence-corrected chi connectivity index (χ0v) is 13.2. The van der Waals surface area contributed by atoms with Gasteiger partial charge in [-0.1, -0.05) is 18.2 Å². The molecule has 0 radical (unpaired) electrons. The van der Waals surface area contributed by atoms with Gasteiger partial charge in [0.25, 0.3) is 5.91 Å². The van der Waals surface area contributed by atoms with Crippen LogP contribution in [0.4, 0.5) is 0 Å². The van der Waals surface area contributed by atoms with Gasteiger partial charge in [-0.25, -0.2) is 4.79 Å². The van der Waals surface area contributed by atoms with Crippen LogP contribution in [-0.4, -0.2) is 49.9 Å². The molecule has 7 heteroatoms. The van der Waals surface area contributed by atoms with Gasteiger partial charge in [0, 0.05) is 25.0 Å². The van der Waals surface area contributed by atoms with Crippen LogP contribution in [0.2, 0.25) is 0 Å². The van der Waals surface area contributed by atoms with Crippen molar-refractivity contribution >= 4 is 28.8 Å². The first kappa shape index (κ1) is 16.5. The van der Waals surface area contributed by atoms with E-state index in [1.165, 1.54) is 19.0 Å². The fourth-order valence-corrected chi connectivity index (χ4v) is 2.05. The fourth-order valence-electron chi connectivity index (χ4n) is 2.05. The predicted molar refractivity (Wildman–Crippen MR) is 82.9 cm³/mol. The Morgan fingerprint density at radius 2 is 1.96 bits per heavy atom. The lowest BCUT2D eigenvalue weighted by Crippen LogP contribution is -2.39. The summed E-state index contributed by atoms with van der Waals surface area (Å²) in [6.45, 7) is 1.20. The minimum absolute atomic E-state index is 0.0768. The zero-order chi connectivity index (χ0) is 17.0. The first-order chi connectivity index (χ1) is 10.9. The van der Waals surface area contributed by atoms with E-state index in [2.05, 4.69) is 5.32 Å². The summed E-state index contributed by atoms with van der Waals surface area (Å²) in [6.07, 6.45) is 0. The van der Waals surface area contributed by atoms with Gasteiger partial charge >= 0.3 is 5.97 Å². The molecule has 122 valence electrons. The van der Waals surface area contributed by atoms with E-state index in [1.54, 1.807) is 19.1 Å². The Morgan fingerprint density at radius 3 is 2.61 bits per heavy atom. The number of nitrogens with zero attached hydrogens (tertiary/aromatic N) is 1. The van der Waals surface area contributed by atoms with Crippen molar-refractivity contribution in [1.29, 1.82) is 0 Å². The lowest BCUT2D eigenvalue weighted by Gasteiger charge is -2.15. The number of rotatable bonds is 5. The monoisotopic (exact) mass is 318 g/mol. The second-order valence-corrected chi connectivity index (χ2v) is 5.05. The summed E-state index contributed by atoms with van der Waals surface area (Å²) in [4.78, 5) is 36.3. The highest BCUT2D eigenvalue weighted by Crippen LogP contribution is 2.25. The first-order valence-corrected chi connectivity index (χ1v) is 7.03. The second-order valence-electron chi connectivity index (χ2n) is 5.05. The number of nitrogens with one attached hydrogen (secondary N) is 1. The molecule has 1 N–H and O–H groups in total. The second kappa shape index (κ2) is 6.95. The van der Waals surface area contributed by atoms with E-state index < -0.39 is 18.5 Å². The number of aryl methyl sites for hydroxylation is 1. The third-order valence-electron chi connectivity index (χ3n) is 3.44. The SMILES string of the molecule is CNC(=O)CN(C)C(=O)COC(=O)c1oc2ccccc2c1C. The van der Waals surface area contributed by atoms with Crippen LogP contribution in [0.5, 0.6) is 0 Å². The van der Waals surface area contributed by atoms with E-state index in [9.17, 15) is 14.4 Å². The van der Waals surface area contributed by atoms with Crippen molar-refractivity contribution in [2.24, 2.45) is 0 Å². The number of hydrogen-bond donors (Lipinski definition) is 1. The summed E-state index contributed by atoms with van der Waals surface area (Å²) in [6, 6.07) is 7.24. The molecule has 0 bridgehead atoms. The topological polar surface area (TPSA) is 88.9 Å². The van der Waals surface area contributed by atoms with Crippen LogP contribution in [0.15, 0.2) is 28.7 Å². The minimum Gasteiger partial charge on any atom is -0.450 e. The van der Waals surface area contributed by atoms with Crippen molar-refractivity contribution < 1.29 is 23.5 Å². The van der Waals surface area contributed by atoms with Crippen LogP contribution in [0, 0.1) is 6.92 Å². The number of benzene rings is 1. The van der Waals surface area contributed by atoms with Gasteiger partial charge in [0.05, 0.1) is 6.54 Å². The van der Waals surface area contributed by atoms with Gasteiger partial charge in [0.15, 0.2) is 6.61 Å². The molecule has 2 aromatic rings. The molecule has 1 aromatic carbocycles. The third-order valence-corrected chi connectivity index (χ3v) is 3.44. The largest absolute Gasteiger partial charge is 0.450 e. The van der Waals surface area contributed by atoms with Crippen molar-refractivity contribution in [2.75, 3.05) is 27.2 Å². The highest BCUT2D eigenvalue weighted by Gasteiger charge is 2.21. The summed E-state index contributed by atoms with van der Waals surface area (Å²) in [5.41, 5.74) is 1.25. The predicted octanol–water partition coefficient (Wildman–Crippen LogP) is 1.10. The molecule has 1 heterocycles. The maximum Gasteiger partial charge on any atom is 0.375 e. The molecule has 1 aromatic heterocycles. The molecule has 0 saturated carbocycles. The Kier molecular flexibility index (Phi) is 5.00. The average molecular weight is 318 g/mol. The number of likely N-dealkylation sites (N-methyl/N-ethyl adjacent to an activating group) is 2. The molecule has 2 amide bonds. The van der Waals surface area contributed by atoms with E-state index in [4.69, 9.17) is 9.15 Å². The number of hydrogen-bond acceptors (Lipinski definition) is 5. The van der Waals surface area contributed by atoms with Crippen LogP contribution in [-0.2, 0) is 14.3 Å². The molecule has 0 aliphatic heterocycles. The number of ether oxygens (including phenoxy) is 1. The molecular weight excluding hydrogens is 300 g/mol. The molecule has 7 nitrogen and oxygen atoms in total. The van der Waals surface area contributed by atoms with E-state index in [1.807, 2.05) is 12.1 Å². The molecule has 0 fully saturated rings. The van der Waals surface area contributed by atoms with E-state index >= 15 is 0 Å². The lowest BCUT2D eigenvalue weighted by molar-refractivity contribution is -0.137. The minimum atomic E-state index is -0.708. The van der Waals surface area contributed by atoms with Gasteiger partial charge in [-0.05, 0) is 13.0 Å². The van der Waals surface area contributed by atoms with E-state index in [0.29, 0.717) is 11.1 Å². The van der Waals surface area contributed by atoms with Crippen molar-refractivity contribution in [2.45, 2.75) is 6.92 Å². The summed E-state index contributed by atoms with van der Waals surface area (Å²) in [7, 11) is 2.93. The smallest absolute Gasteiger partial charge is 0.375 e. The number of carbonyl (C=O) groups excluding carboxylic acids is 3. The van der Waals surface area contributed by atoms with Crippen LogP contribution in [0.3, 0.4) is 0 Å². The number of esters is 1. The average Bonchev–Trinajstić information content (AvgIpc) is 2.89. The zero-order valence-electron chi connectivity index (χ0n) is 13.2. The third kappa shape index (κ3) is 3.68. The van der Waals surface area contributed by atoms with Gasteiger partial charge in [-0.15, -0.1) is 0 Å². The van der Waals surface area contributed by atoms with E-state index in [0.717, 1.165) is 5.39 Å². The Balaban J connectivity index is 2.00. The Bertz CT molecular complexity index is 750. The number of furan rings is 1. The summed E-state index contributed by atoms with van der Waals surface area (Å²) >= 11 is 0. The molecule has 0 spiro atoms. The van der Waals surface area contributed by atoms with Gasteiger partial charge in [-0.3, -0.25) is 9.59 Å². The fraction of sp³-hybridized carbons (Fsp3) is 0.312. The van der Waals surface area contributed by atoms with Crippen molar-refractivity contribution in [3.8, 4) is 0 Å². The molecule has 0 aliphatic rings. The van der Waals surface area contributed by atoms with Crippen molar-refractivity contribution in [3.63, 3.8) is 0 Å². The maximum absolute atomic E-state index is 12.1. The summed E-state index contributed by atoms with van der Waals surface area (Å²) < 4.78 is 10.5. The molecule has 2 rings (SSSR count). The Labute approximate surface area is 133 Å². The molecule has 23 heavy (non-hydrogen) atoms. The number of para-hydroxylation sites is 1. The van der Waals surface area contributed by atoms with Crippen LogP contribution in [0.25, 0.3) is 11.0 Å². The number of fused-ring (bicyclic) bond motifs is 1. The standard InChI is InChI=1S/C16H18N2O5/c1-10-11-6-4-5-7-12(11)23-15(10)16(21)22-9-14(20)18(3)8-13(19)17-2/h4-7H,8-9H2,1-3H3,(H,17,19). The van der Waals surface area contributed by atoms with Crippen molar-refractivity contribution in [1.82, 2.24) is 10.2 Å². The van der Waals surface area contributed by atoms with Gasteiger partial charge < -0.3 is 19.4 Å². The number of carbonyl (C=O) groups is 3. The lowest BCUT2D eigenvalue weighted by atomic mass is 10.1. The molecule has 0 atom stereocenters. The van der Waals surface area contributed by atoms with E-state index in [-0.39, 0.29) is 18.2 Å². The maximum atomic E-state index is 12.1. The van der Waals surface area contributed by atoms with Gasteiger partial charge in [0.2, 0.25) is 11.7 Å². The Morgan fingerprint density at radius 1 is 1.26 bits per heavy atom. The van der Waals surface area contributed by atoms with Gasteiger partial charge in [-0.2, -0.15) is 0 Å².